The highest BCUT2D eigenvalue weighted by Gasteiger charge is 2.32. The van der Waals surface area contributed by atoms with Crippen LogP contribution in [0.1, 0.15) is 18.0 Å². The van der Waals surface area contributed by atoms with Crippen molar-refractivity contribution in [1.82, 2.24) is 5.32 Å². The van der Waals surface area contributed by atoms with Crippen molar-refractivity contribution < 1.29 is 17.6 Å². The molecule has 0 aromatic heterocycles. The fourth-order valence-corrected chi connectivity index (χ4v) is 1.54. The lowest BCUT2D eigenvalue weighted by molar-refractivity contribution is -0.140. The Morgan fingerprint density at radius 2 is 2.00 bits per heavy atom. The molecule has 6 heteroatoms. The van der Waals surface area contributed by atoms with E-state index in [0.717, 1.165) is 6.07 Å². The second-order valence-electron chi connectivity index (χ2n) is 3.33. The smallest absolute Gasteiger partial charge is 0.313 e. The number of benzene rings is 1. The first-order chi connectivity index (χ1) is 7.33. The normalized spacial score (nSPS) is 13.9. The van der Waals surface area contributed by atoms with Gasteiger partial charge in [0.25, 0.3) is 0 Å². The minimum absolute atomic E-state index is 0.0378. The van der Waals surface area contributed by atoms with Crippen LogP contribution >= 0.6 is 11.6 Å². The molecule has 0 heterocycles. The Balaban J connectivity index is 2.95. The van der Waals surface area contributed by atoms with E-state index in [-0.39, 0.29) is 10.6 Å². The van der Waals surface area contributed by atoms with Crippen LogP contribution in [-0.2, 0) is 0 Å². The largest absolute Gasteiger partial charge is 0.390 e. The zero-order chi connectivity index (χ0) is 12.3. The van der Waals surface area contributed by atoms with Gasteiger partial charge in [-0.25, -0.2) is 4.39 Å². The first-order valence-electron chi connectivity index (χ1n) is 4.52. The summed E-state index contributed by atoms with van der Waals surface area (Å²) in [6.45, 7) is 0. The monoisotopic (exact) mass is 255 g/mol. The van der Waals surface area contributed by atoms with Gasteiger partial charge in [-0.1, -0.05) is 17.7 Å². The quantitative estimate of drug-likeness (QED) is 0.812. The molecule has 1 N–H and O–H groups in total. The highest BCUT2D eigenvalue weighted by molar-refractivity contribution is 6.30. The minimum atomic E-state index is -4.35. The van der Waals surface area contributed by atoms with E-state index in [1.54, 1.807) is 0 Å². The third-order valence-corrected chi connectivity index (χ3v) is 2.36. The highest BCUT2D eigenvalue weighted by atomic mass is 35.5. The van der Waals surface area contributed by atoms with Gasteiger partial charge in [0.2, 0.25) is 0 Å². The van der Waals surface area contributed by atoms with E-state index in [0.29, 0.717) is 0 Å². The molecular formula is C10H10ClF4N. The molecule has 0 radical (unpaired) electrons. The van der Waals surface area contributed by atoms with E-state index in [1.165, 1.54) is 19.2 Å². The predicted octanol–water partition coefficient (Wildman–Crippen LogP) is 3.69. The lowest BCUT2D eigenvalue weighted by Crippen LogP contribution is -2.24. The molecule has 0 saturated carbocycles. The van der Waals surface area contributed by atoms with Gasteiger partial charge in [-0.2, -0.15) is 13.2 Å². The van der Waals surface area contributed by atoms with E-state index < -0.39 is 24.5 Å². The Morgan fingerprint density at radius 1 is 1.38 bits per heavy atom. The maximum Gasteiger partial charge on any atom is 0.390 e. The Kier molecular flexibility index (Phi) is 4.15. The molecule has 1 nitrogen and oxygen atoms in total. The molecule has 0 spiro atoms. The second-order valence-corrected chi connectivity index (χ2v) is 3.76. The van der Waals surface area contributed by atoms with Crippen LogP contribution in [0, 0.1) is 5.82 Å². The van der Waals surface area contributed by atoms with Gasteiger partial charge in [0.15, 0.2) is 0 Å². The van der Waals surface area contributed by atoms with Gasteiger partial charge in [-0.15, -0.1) is 0 Å². The van der Waals surface area contributed by atoms with Gasteiger partial charge in [0.05, 0.1) is 6.42 Å². The highest BCUT2D eigenvalue weighted by Crippen LogP contribution is 2.31. The number of hydrogen-bond acceptors (Lipinski definition) is 1. The van der Waals surface area contributed by atoms with Crippen LogP contribution in [0.25, 0.3) is 0 Å². The summed E-state index contributed by atoms with van der Waals surface area (Å²) in [4.78, 5) is 0. The van der Waals surface area contributed by atoms with E-state index >= 15 is 0 Å². The van der Waals surface area contributed by atoms with E-state index in [4.69, 9.17) is 11.6 Å². The number of nitrogens with one attached hydrogen (secondary N) is 1. The van der Waals surface area contributed by atoms with E-state index in [2.05, 4.69) is 5.32 Å². The van der Waals surface area contributed by atoms with Gasteiger partial charge < -0.3 is 5.32 Å². The SMILES string of the molecule is CNC(CC(F)(F)F)c1ccc(Cl)cc1F. The molecule has 0 aliphatic rings. The zero-order valence-electron chi connectivity index (χ0n) is 8.41. The molecule has 0 aliphatic heterocycles. The van der Waals surface area contributed by atoms with Crippen molar-refractivity contribution in [3.05, 3.63) is 34.6 Å². The molecule has 90 valence electrons. The molecule has 0 aliphatic carbocycles. The Hall–Kier alpha value is -0.810. The van der Waals surface area contributed by atoms with Crippen molar-refractivity contribution in [3.8, 4) is 0 Å². The van der Waals surface area contributed by atoms with Gasteiger partial charge >= 0.3 is 6.18 Å². The van der Waals surface area contributed by atoms with Gasteiger partial charge in [0.1, 0.15) is 5.82 Å². The van der Waals surface area contributed by atoms with Gasteiger partial charge in [-0.05, 0) is 19.2 Å². The van der Waals surface area contributed by atoms with Crippen LogP contribution in [0.4, 0.5) is 17.6 Å². The second kappa shape index (κ2) is 5.01. The molecule has 0 saturated heterocycles. The van der Waals surface area contributed by atoms with Crippen LogP contribution in [0.15, 0.2) is 18.2 Å². The summed E-state index contributed by atoms with van der Waals surface area (Å²) in [7, 11) is 1.35. The lowest BCUT2D eigenvalue weighted by atomic mass is 10.0. The summed E-state index contributed by atoms with van der Waals surface area (Å²) < 4.78 is 50.0. The minimum Gasteiger partial charge on any atom is -0.313 e. The molecule has 1 atom stereocenters. The molecule has 0 fully saturated rings. The first kappa shape index (κ1) is 13.3. The Labute approximate surface area is 95.4 Å². The summed E-state index contributed by atoms with van der Waals surface area (Å²) in [5.41, 5.74) is -0.0378. The average molecular weight is 256 g/mol. The zero-order valence-corrected chi connectivity index (χ0v) is 9.16. The molecule has 1 rings (SSSR count). The van der Waals surface area contributed by atoms with Crippen LogP contribution in [0.3, 0.4) is 0 Å². The van der Waals surface area contributed by atoms with Crippen LogP contribution in [-0.4, -0.2) is 13.2 Å². The van der Waals surface area contributed by atoms with Crippen LogP contribution in [0.2, 0.25) is 5.02 Å². The third-order valence-electron chi connectivity index (χ3n) is 2.12. The maximum absolute atomic E-state index is 13.4. The molecule has 0 bridgehead atoms. The van der Waals surface area contributed by atoms with E-state index in [9.17, 15) is 17.6 Å². The summed E-state index contributed by atoms with van der Waals surface area (Å²) in [5, 5.41) is 2.59. The van der Waals surface area contributed by atoms with Crippen molar-refractivity contribution in [2.45, 2.75) is 18.6 Å². The molecule has 1 unspecified atom stereocenters. The van der Waals surface area contributed by atoms with Crippen molar-refractivity contribution in [2.75, 3.05) is 7.05 Å². The van der Waals surface area contributed by atoms with Crippen molar-refractivity contribution in [3.63, 3.8) is 0 Å². The summed E-state index contributed by atoms with van der Waals surface area (Å²) in [6, 6.07) is 2.51. The van der Waals surface area contributed by atoms with Crippen LogP contribution in [0.5, 0.6) is 0 Å². The summed E-state index contributed by atoms with van der Waals surface area (Å²) >= 11 is 5.52. The van der Waals surface area contributed by atoms with Gasteiger partial charge in [0, 0.05) is 16.6 Å². The third kappa shape index (κ3) is 3.64. The number of hydrogen-bond donors (Lipinski definition) is 1. The molecule has 1 aromatic rings. The fourth-order valence-electron chi connectivity index (χ4n) is 1.38. The molecular weight excluding hydrogens is 246 g/mol. The standard InChI is InChI=1S/C10H10ClF4N/c1-16-9(5-10(13,14)15)7-3-2-6(11)4-8(7)12/h2-4,9,16H,5H2,1H3. The van der Waals surface area contributed by atoms with E-state index in [1.807, 2.05) is 0 Å². The average Bonchev–Trinajstić information content (AvgIpc) is 2.13. The number of rotatable bonds is 3. The molecule has 0 amide bonds. The van der Waals surface area contributed by atoms with Crippen molar-refractivity contribution in [1.29, 1.82) is 0 Å². The fraction of sp³-hybridized carbons (Fsp3) is 0.400. The topological polar surface area (TPSA) is 12.0 Å². The summed E-state index contributed by atoms with van der Waals surface area (Å²) in [5.74, 6) is -0.740. The van der Waals surface area contributed by atoms with Crippen molar-refractivity contribution in [2.24, 2.45) is 0 Å². The Morgan fingerprint density at radius 3 is 2.44 bits per heavy atom. The van der Waals surface area contributed by atoms with Crippen LogP contribution < -0.4 is 5.32 Å². The molecule has 1 aromatic carbocycles. The predicted molar refractivity (Wildman–Crippen MR) is 53.9 cm³/mol. The number of alkyl halides is 3. The number of halogens is 5. The lowest BCUT2D eigenvalue weighted by Gasteiger charge is -2.19. The molecule has 16 heavy (non-hydrogen) atoms. The maximum atomic E-state index is 13.4. The van der Waals surface area contributed by atoms with Gasteiger partial charge in [-0.3, -0.25) is 0 Å². The first-order valence-corrected chi connectivity index (χ1v) is 4.90. The van der Waals surface area contributed by atoms with Crippen molar-refractivity contribution >= 4 is 11.6 Å². The summed E-state index contributed by atoms with van der Waals surface area (Å²) in [6.07, 6.45) is -5.47. The Bertz CT molecular complexity index is 364.